The summed E-state index contributed by atoms with van der Waals surface area (Å²) in [5.41, 5.74) is 5.66. The van der Waals surface area contributed by atoms with E-state index in [-0.39, 0.29) is 0 Å². The lowest BCUT2D eigenvalue weighted by atomic mass is 9.88. The maximum atomic E-state index is 6.30. The van der Waals surface area contributed by atoms with Crippen LogP contribution in [0, 0.1) is 0 Å². The zero-order valence-electron chi connectivity index (χ0n) is 12.5. The van der Waals surface area contributed by atoms with Crippen LogP contribution in [0.4, 0.5) is 0 Å². The first kappa shape index (κ1) is 14.6. The minimum Gasteiger partial charge on any atom is -0.313 e. The molecule has 0 aliphatic heterocycles. The van der Waals surface area contributed by atoms with Gasteiger partial charge in [-0.3, -0.25) is 0 Å². The number of halogens is 1. The summed E-state index contributed by atoms with van der Waals surface area (Å²) in [7, 11) is 2.03. The lowest BCUT2D eigenvalue weighted by molar-refractivity contribution is 0.589. The van der Waals surface area contributed by atoms with Gasteiger partial charge in [0.1, 0.15) is 0 Å². The number of nitrogens with one attached hydrogen (secondary N) is 1. The van der Waals surface area contributed by atoms with E-state index in [1.54, 1.807) is 0 Å². The van der Waals surface area contributed by atoms with Crippen LogP contribution in [-0.4, -0.2) is 7.05 Å². The van der Waals surface area contributed by atoms with E-state index in [1.807, 2.05) is 19.2 Å². The summed E-state index contributed by atoms with van der Waals surface area (Å²) in [5.74, 6) is 0. The minimum atomic E-state index is 0.317. The van der Waals surface area contributed by atoms with Gasteiger partial charge in [-0.25, -0.2) is 0 Å². The third-order valence-electron chi connectivity index (χ3n) is 4.51. The molecule has 0 radical (unpaired) electrons. The van der Waals surface area contributed by atoms with Crippen molar-refractivity contribution < 1.29 is 0 Å². The second-order valence-electron chi connectivity index (χ2n) is 5.87. The van der Waals surface area contributed by atoms with E-state index in [4.69, 9.17) is 11.6 Å². The fourth-order valence-electron chi connectivity index (χ4n) is 3.24. The van der Waals surface area contributed by atoms with Gasteiger partial charge in [0.2, 0.25) is 0 Å². The highest BCUT2D eigenvalue weighted by atomic mass is 35.5. The molecule has 2 aromatic rings. The predicted molar refractivity (Wildman–Crippen MR) is 90.0 cm³/mol. The molecule has 0 bridgehead atoms. The molecule has 1 N–H and O–H groups in total. The van der Waals surface area contributed by atoms with Gasteiger partial charge in [0, 0.05) is 11.1 Å². The van der Waals surface area contributed by atoms with Crippen molar-refractivity contribution in [1.82, 2.24) is 5.32 Å². The fraction of sp³-hybridized carbons (Fsp3) is 0.368. The summed E-state index contributed by atoms with van der Waals surface area (Å²) >= 11 is 6.30. The molecule has 3 rings (SSSR count). The Labute approximate surface area is 132 Å². The molecule has 1 aliphatic rings. The molecular formula is C19H22ClN. The summed E-state index contributed by atoms with van der Waals surface area (Å²) in [6.45, 7) is 0. The predicted octanol–water partition coefficient (Wildman–Crippen LogP) is 4.72. The molecule has 110 valence electrons. The second kappa shape index (κ2) is 6.64. The highest BCUT2D eigenvalue weighted by Crippen LogP contribution is 2.27. The molecule has 0 spiro atoms. The van der Waals surface area contributed by atoms with Crippen molar-refractivity contribution in [2.75, 3.05) is 7.05 Å². The minimum absolute atomic E-state index is 0.317. The van der Waals surface area contributed by atoms with Gasteiger partial charge in [-0.05, 0) is 67.5 Å². The Kier molecular flexibility index (Phi) is 4.62. The fourth-order valence-corrected chi connectivity index (χ4v) is 3.45. The zero-order valence-corrected chi connectivity index (χ0v) is 13.3. The maximum absolute atomic E-state index is 6.30. The quantitative estimate of drug-likeness (QED) is 0.861. The Hall–Kier alpha value is -1.31. The highest BCUT2D eigenvalue weighted by molar-refractivity contribution is 6.31. The smallest absolute Gasteiger partial charge is 0.0438 e. The monoisotopic (exact) mass is 299 g/mol. The van der Waals surface area contributed by atoms with E-state index < -0.39 is 0 Å². The topological polar surface area (TPSA) is 12.0 Å². The van der Waals surface area contributed by atoms with Crippen LogP contribution in [0.25, 0.3) is 0 Å². The van der Waals surface area contributed by atoms with Gasteiger partial charge in [-0.1, -0.05) is 48.0 Å². The summed E-state index contributed by atoms with van der Waals surface area (Å²) in [6, 6.07) is 15.4. The third kappa shape index (κ3) is 3.30. The molecule has 2 heteroatoms. The average Bonchev–Trinajstić information content (AvgIpc) is 2.54. The molecule has 0 aromatic heterocycles. The van der Waals surface area contributed by atoms with Crippen molar-refractivity contribution in [2.45, 2.75) is 38.1 Å². The molecule has 1 aliphatic carbocycles. The molecule has 1 nitrogen and oxygen atoms in total. The average molecular weight is 300 g/mol. The van der Waals surface area contributed by atoms with Crippen LogP contribution in [0.15, 0.2) is 42.5 Å². The van der Waals surface area contributed by atoms with Crippen LogP contribution in [0.3, 0.4) is 0 Å². The van der Waals surface area contributed by atoms with Gasteiger partial charge in [0.05, 0.1) is 0 Å². The van der Waals surface area contributed by atoms with Gasteiger partial charge < -0.3 is 5.32 Å². The van der Waals surface area contributed by atoms with E-state index in [9.17, 15) is 0 Å². The molecule has 2 aromatic carbocycles. The Morgan fingerprint density at radius 1 is 1.05 bits per heavy atom. The third-order valence-corrected chi connectivity index (χ3v) is 4.87. The highest BCUT2D eigenvalue weighted by Gasteiger charge is 2.15. The lowest BCUT2D eigenvalue weighted by Gasteiger charge is -2.21. The molecule has 0 saturated carbocycles. The Bertz CT molecular complexity index is 621. The van der Waals surface area contributed by atoms with E-state index in [2.05, 4.69) is 35.6 Å². The summed E-state index contributed by atoms with van der Waals surface area (Å²) in [6.07, 6.45) is 6.05. The first-order chi connectivity index (χ1) is 10.3. The first-order valence-electron chi connectivity index (χ1n) is 7.80. The van der Waals surface area contributed by atoms with Crippen molar-refractivity contribution >= 4 is 11.6 Å². The maximum Gasteiger partial charge on any atom is 0.0438 e. The van der Waals surface area contributed by atoms with Gasteiger partial charge in [0.15, 0.2) is 0 Å². The molecule has 21 heavy (non-hydrogen) atoms. The molecule has 0 saturated heterocycles. The Morgan fingerprint density at radius 2 is 1.81 bits per heavy atom. The second-order valence-corrected chi connectivity index (χ2v) is 6.28. The van der Waals surface area contributed by atoms with Gasteiger partial charge >= 0.3 is 0 Å². The molecular weight excluding hydrogens is 278 g/mol. The van der Waals surface area contributed by atoms with Crippen LogP contribution in [0.1, 0.15) is 41.1 Å². The van der Waals surface area contributed by atoms with Crippen molar-refractivity contribution in [3.05, 3.63) is 69.7 Å². The van der Waals surface area contributed by atoms with Crippen molar-refractivity contribution in [3.8, 4) is 0 Å². The summed E-state index contributed by atoms with van der Waals surface area (Å²) < 4.78 is 0. The number of hydrogen-bond donors (Lipinski definition) is 1. The molecule has 1 unspecified atom stereocenters. The van der Waals surface area contributed by atoms with E-state index >= 15 is 0 Å². The van der Waals surface area contributed by atoms with Crippen molar-refractivity contribution in [3.63, 3.8) is 0 Å². The van der Waals surface area contributed by atoms with E-state index in [1.165, 1.54) is 47.9 Å². The van der Waals surface area contributed by atoms with E-state index in [0.29, 0.717) is 6.04 Å². The normalized spacial score (nSPS) is 15.5. The standard InChI is InChI=1S/C19H22ClN/c1-21-19(13-16-8-4-5-9-18(16)20)17-11-10-14-6-2-3-7-15(14)12-17/h4-5,8-12,19,21H,2-3,6-7,13H2,1H3. The van der Waals surface area contributed by atoms with Gasteiger partial charge in [-0.15, -0.1) is 0 Å². The van der Waals surface area contributed by atoms with Crippen molar-refractivity contribution in [2.24, 2.45) is 0 Å². The Balaban J connectivity index is 1.85. The first-order valence-corrected chi connectivity index (χ1v) is 8.18. The summed E-state index contributed by atoms with van der Waals surface area (Å²) in [4.78, 5) is 0. The lowest BCUT2D eigenvalue weighted by Crippen LogP contribution is -2.19. The Morgan fingerprint density at radius 3 is 2.57 bits per heavy atom. The van der Waals surface area contributed by atoms with Crippen LogP contribution in [0.5, 0.6) is 0 Å². The van der Waals surface area contributed by atoms with Crippen LogP contribution < -0.4 is 5.32 Å². The SMILES string of the molecule is CNC(Cc1ccccc1Cl)c1ccc2c(c1)CCCC2. The summed E-state index contributed by atoms with van der Waals surface area (Å²) in [5, 5.41) is 4.30. The van der Waals surface area contributed by atoms with Gasteiger partial charge in [0.25, 0.3) is 0 Å². The van der Waals surface area contributed by atoms with Crippen LogP contribution >= 0.6 is 11.6 Å². The molecule has 1 atom stereocenters. The largest absolute Gasteiger partial charge is 0.313 e. The van der Waals surface area contributed by atoms with Gasteiger partial charge in [-0.2, -0.15) is 0 Å². The molecule has 0 fully saturated rings. The van der Waals surface area contributed by atoms with E-state index in [0.717, 1.165) is 11.4 Å². The van der Waals surface area contributed by atoms with Crippen molar-refractivity contribution in [1.29, 1.82) is 0 Å². The number of likely N-dealkylation sites (N-methyl/N-ethyl adjacent to an activating group) is 1. The number of rotatable bonds is 4. The zero-order chi connectivity index (χ0) is 14.7. The number of hydrogen-bond acceptors (Lipinski definition) is 1. The number of aryl methyl sites for hydroxylation is 2. The number of fused-ring (bicyclic) bond motifs is 1. The van der Waals surface area contributed by atoms with Crippen LogP contribution in [0.2, 0.25) is 5.02 Å². The number of benzene rings is 2. The van der Waals surface area contributed by atoms with Crippen LogP contribution in [-0.2, 0) is 19.3 Å². The molecule has 0 heterocycles. The molecule has 0 amide bonds.